The molecule has 0 aliphatic carbocycles. The molecular formula is C28H40N2O3Sn. The molecule has 1 saturated heterocycles. The summed E-state index contributed by atoms with van der Waals surface area (Å²) in [6, 6.07) is 20.4. The molecule has 1 aliphatic heterocycles. The van der Waals surface area contributed by atoms with Crippen LogP contribution in [0, 0.1) is 0 Å². The summed E-state index contributed by atoms with van der Waals surface area (Å²) in [4.78, 5) is 27.6. The molecule has 0 N–H and O–H groups in total. The van der Waals surface area contributed by atoms with E-state index < -0.39 is 29.6 Å². The van der Waals surface area contributed by atoms with Crippen molar-refractivity contribution in [2.45, 2.75) is 77.3 Å². The summed E-state index contributed by atoms with van der Waals surface area (Å²) >= 11 is -2.81. The number of hydrogen-bond acceptors (Lipinski definition) is 4. The summed E-state index contributed by atoms with van der Waals surface area (Å²) in [5.41, 5.74) is 1.94. The predicted octanol–water partition coefficient (Wildman–Crippen LogP) is 6.53. The fourth-order valence-corrected chi connectivity index (χ4v) is 10.2. The fourth-order valence-electron chi connectivity index (χ4n) is 4.72. The maximum atomic E-state index is 13.6. The van der Waals surface area contributed by atoms with Crippen LogP contribution in [0.1, 0.15) is 52.2 Å². The van der Waals surface area contributed by atoms with Crippen molar-refractivity contribution in [3.05, 3.63) is 71.8 Å². The van der Waals surface area contributed by atoms with Gasteiger partial charge in [0.25, 0.3) is 0 Å². The van der Waals surface area contributed by atoms with Gasteiger partial charge in [0, 0.05) is 0 Å². The third-order valence-corrected chi connectivity index (χ3v) is 12.7. The first kappa shape index (κ1) is 26.7. The first-order valence-corrected chi connectivity index (χ1v) is 22.4. The molecule has 1 amide bonds. The summed E-state index contributed by atoms with van der Waals surface area (Å²) < 4.78 is 12.1. The van der Waals surface area contributed by atoms with Crippen molar-refractivity contribution in [2.24, 2.45) is 4.99 Å². The molecule has 0 unspecified atom stereocenters. The zero-order valence-electron chi connectivity index (χ0n) is 22.0. The second-order valence-electron chi connectivity index (χ2n) is 11.2. The van der Waals surface area contributed by atoms with Crippen LogP contribution >= 0.6 is 0 Å². The SMILES string of the molecule is CC[C@@H](N=C(c1ccccc1)c1ccccc1)[C@@H](OC(=O)N1C(C)(C)COC1(C)C)[Sn]([CH3])([CH3])[CH3]. The normalized spacial score (nSPS) is 18.8. The Morgan fingerprint density at radius 3 is 1.88 bits per heavy atom. The molecule has 3 rings (SSSR count). The molecule has 1 heterocycles. The molecule has 184 valence electrons. The second-order valence-corrected chi connectivity index (χ2v) is 26.4. The molecule has 0 bridgehead atoms. The third-order valence-electron chi connectivity index (χ3n) is 6.34. The zero-order chi connectivity index (χ0) is 25.1. The van der Waals surface area contributed by atoms with Gasteiger partial charge in [0.1, 0.15) is 0 Å². The number of amides is 1. The number of hydrogen-bond donors (Lipinski definition) is 0. The van der Waals surface area contributed by atoms with Gasteiger partial charge in [0.2, 0.25) is 0 Å². The van der Waals surface area contributed by atoms with Crippen molar-refractivity contribution >= 4 is 30.2 Å². The number of carbonyl (C=O) groups is 1. The molecule has 6 heteroatoms. The fraction of sp³-hybridized carbons (Fsp3) is 0.500. The van der Waals surface area contributed by atoms with Crippen LogP contribution in [0.2, 0.25) is 14.8 Å². The number of aliphatic imine (C=N–C) groups is 1. The van der Waals surface area contributed by atoms with Gasteiger partial charge in [0.15, 0.2) is 0 Å². The van der Waals surface area contributed by atoms with E-state index in [1.807, 2.05) is 64.1 Å². The Bertz CT molecular complexity index is 940. The third kappa shape index (κ3) is 6.03. The Morgan fingerprint density at radius 1 is 1.00 bits per heavy atom. The minimum atomic E-state index is -2.81. The van der Waals surface area contributed by atoms with Gasteiger partial charge in [-0.25, -0.2) is 0 Å². The van der Waals surface area contributed by atoms with Gasteiger partial charge in [0.05, 0.1) is 0 Å². The Kier molecular flexibility index (Phi) is 8.18. The van der Waals surface area contributed by atoms with Crippen LogP contribution in [0.25, 0.3) is 0 Å². The molecule has 2 aromatic carbocycles. The van der Waals surface area contributed by atoms with Crippen molar-refractivity contribution in [3.63, 3.8) is 0 Å². The van der Waals surface area contributed by atoms with Crippen LogP contribution in [0.5, 0.6) is 0 Å². The quantitative estimate of drug-likeness (QED) is 0.281. The number of rotatable bonds is 7. The molecule has 34 heavy (non-hydrogen) atoms. The van der Waals surface area contributed by atoms with Crippen molar-refractivity contribution in [1.82, 2.24) is 4.90 Å². The Labute approximate surface area is 209 Å². The number of benzene rings is 2. The summed E-state index contributed by atoms with van der Waals surface area (Å²) in [5, 5.41) is 0. The van der Waals surface area contributed by atoms with E-state index in [0.717, 1.165) is 23.3 Å². The van der Waals surface area contributed by atoms with E-state index in [9.17, 15) is 4.79 Å². The van der Waals surface area contributed by atoms with E-state index in [4.69, 9.17) is 14.5 Å². The predicted molar refractivity (Wildman–Crippen MR) is 142 cm³/mol. The van der Waals surface area contributed by atoms with E-state index >= 15 is 0 Å². The first-order valence-electron chi connectivity index (χ1n) is 12.2. The van der Waals surface area contributed by atoms with E-state index in [1.54, 1.807) is 4.90 Å². The van der Waals surface area contributed by atoms with Crippen LogP contribution < -0.4 is 0 Å². The van der Waals surface area contributed by atoms with Gasteiger partial charge in [-0.05, 0) is 0 Å². The summed E-state index contributed by atoms with van der Waals surface area (Å²) in [6.45, 7) is 10.5. The van der Waals surface area contributed by atoms with E-state index in [0.29, 0.717) is 6.61 Å². The minimum absolute atomic E-state index is 0.120. The van der Waals surface area contributed by atoms with Gasteiger partial charge in [-0.2, -0.15) is 0 Å². The van der Waals surface area contributed by atoms with Crippen LogP contribution in [-0.2, 0) is 9.47 Å². The molecular weight excluding hydrogens is 531 g/mol. The van der Waals surface area contributed by atoms with Crippen molar-refractivity contribution < 1.29 is 14.3 Å². The van der Waals surface area contributed by atoms with Crippen LogP contribution in [0.4, 0.5) is 4.79 Å². The Balaban J connectivity index is 2.01. The average Bonchev–Trinajstić information content (AvgIpc) is 3.01. The molecule has 0 aromatic heterocycles. The molecule has 0 saturated carbocycles. The van der Waals surface area contributed by atoms with Crippen LogP contribution in [0.3, 0.4) is 0 Å². The standard InChI is InChI=1S/C25H31N2O3.3CH3.Sn/c1-6-21(17-29-23(28)27-24(2,3)18-30-25(27,4)5)26-22(19-13-9-7-10-14-19)20-15-11-8-12-16-20;;;;/h7-17,21H,6,18H2,1-5H3;3*1H3;/t21-;;;;/m1..../s1. The Hall–Kier alpha value is -1.86. The monoisotopic (exact) mass is 572 g/mol. The van der Waals surface area contributed by atoms with Crippen molar-refractivity contribution in [1.29, 1.82) is 0 Å². The molecule has 0 spiro atoms. The molecule has 5 nitrogen and oxygen atoms in total. The molecule has 0 radical (unpaired) electrons. The topological polar surface area (TPSA) is 51.1 Å². The maximum absolute atomic E-state index is 13.6. The van der Waals surface area contributed by atoms with Gasteiger partial charge >= 0.3 is 210 Å². The Morgan fingerprint density at radius 2 is 1.50 bits per heavy atom. The number of nitrogens with zero attached hydrogens (tertiary/aromatic N) is 2. The van der Waals surface area contributed by atoms with E-state index in [1.165, 1.54) is 0 Å². The van der Waals surface area contributed by atoms with E-state index in [2.05, 4.69) is 46.0 Å². The van der Waals surface area contributed by atoms with Gasteiger partial charge in [-0.3, -0.25) is 0 Å². The first-order chi connectivity index (χ1) is 15.9. The molecule has 1 fully saturated rings. The van der Waals surface area contributed by atoms with E-state index in [-0.39, 0.29) is 16.3 Å². The zero-order valence-corrected chi connectivity index (χ0v) is 24.8. The summed E-state index contributed by atoms with van der Waals surface area (Å²) in [5.74, 6) is 0. The van der Waals surface area contributed by atoms with Gasteiger partial charge in [-0.1, -0.05) is 0 Å². The van der Waals surface area contributed by atoms with Crippen LogP contribution in [0.15, 0.2) is 65.7 Å². The van der Waals surface area contributed by atoms with Crippen LogP contribution in [-0.4, -0.2) is 63.1 Å². The summed E-state index contributed by atoms with van der Waals surface area (Å²) in [7, 11) is 0. The van der Waals surface area contributed by atoms with Gasteiger partial charge < -0.3 is 0 Å². The molecule has 2 aromatic rings. The van der Waals surface area contributed by atoms with Crippen molar-refractivity contribution in [2.75, 3.05) is 6.61 Å². The molecule has 1 aliphatic rings. The molecule has 2 atom stereocenters. The number of carbonyl (C=O) groups excluding carboxylic acids is 1. The average molecular weight is 571 g/mol. The number of ether oxygens (including phenoxy) is 2. The summed E-state index contributed by atoms with van der Waals surface area (Å²) in [6.07, 6.45) is 0.484. The van der Waals surface area contributed by atoms with Gasteiger partial charge in [-0.15, -0.1) is 0 Å². The van der Waals surface area contributed by atoms with Crippen molar-refractivity contribution in [3.8, 4) is 0 Å². The second kappa shape index (κ2) is 10.4.